The van der Waals surface area contributed by atoms with E-state index < -0.39 is 0 Å². The van der Waals surface area contributed by atoms with Gasteiger partial charge in [0.25, 0.3) is 0 Å². The molecule has 0 spiro atoms. The maximum absolute atomic E-state index is 5.61. The van der Waals surface area contributed by atoms with Crippen LogP contribution in [0.5, 0.6) is 5.75 Å². The van der Waals surface area contributed by atoms with Crippen LogP contribution in [0.2, 0.25) is 0 Å². The van der Waals surface area contributed by atoms with Crippen molar-refractivity contribution in [1.82, 2.24) is 0 Å². The van der Waals surface area contributed by atoms with Gasteiger partial charge in [0, 0.05) is 6.16 Å². The zero-order valence-corrected chi connectivity index (χ0v) is 9.47. The van der Waals surface area contributed by atoms with Crippen molar-refractivity contribution in [2.45, 2.75) is 6.92 Å². The average Bonchev–Trinajstić information content (AvgIpc) is 2.03. The summed E-state index contributed by atoms with van der Waals surface area (Å²) >= 11 is 0. The zero-order valence-electron chi connectivity index (χ0n) is 8.58. The van der Waals surface area contributed by atoms with E-state index in [2.05, 4.69) is 32.4 Å². The van der Waals surface area contributed by atoms with E-state index in [9.17, 15) is 0 Å². The molecule has 0 aliphatic rings. The van der Waals surface area contributed by atoms with Crippen molar-refractivity contribution in [3.8, 4) is 5.75 Å². The third-order valence-electron chi connectivity index (χ3n) is 1.80. The molecule has 1 rings (SSSR count). The third kappa shape index (κ3) is 4.28. The molecule has 0 aliphatic carbocycles. The van der Waals surface area contributed by atoms with Crippen LogP contribution in [0.25, 0.3) is 0 Å². The predicted octanol–water partition coefficient (Wildman–Crippen LogP) is 3.12. The van der Waals surface area contributed by atoms with Gasteiger partial charge >= 0.3 is 0 Å². The van der Waals surface area contributed by atoms with Gasteiger partial charge in [-0.3, -0.25) is 0 Å². The molecule has 0 saturated heterocycles. The molecule has 0 unspecified atom stereocenters. The molecule has 72 valence electrons. The molecule has 1 nitrogen and oxygen atoms in total. The quantitative estimate of drug-likeness (QED) is 0.672. The highest BCUT2D eigenvalue weighted by Gasteiger charge is 1.95. The molecule has 0 saturated carbocycles. The summed E-state index contributed by atoms with van der Waals surface area (Å²) < 4.78 is 5.61. The fourth-order valence-electron chi connectivity index (χ4n) is 1.05. The molecule has 1 aromatic carbocycles. The van der Waals surface area contributed by atoms with E-state index in [0.29, 0.717) is 0 Å². The van der Waals surface area contributed by atoms with Crippen LogP contribution >= 0.6 is 7.92 Å². The van der Waals surface area contributed by atoms with Gasteiger partial charge in [-0.25, -0.2) is 0 Å². The van der Waals surface area contributed by atoms with Crippen molar-refractivity contribution in [3.05, 3.63) is 29.8 Å². The minimum absolute atomic E-state index is 0.171. The highest BCUT2D eigenvalue weighted by Crippen LogP contribution is 2.23. The van der Waals surface area contributed by atoms with Gasteiger partial charge in [-0.1, -0.05) is 12.1 Å². The van der Waals surface area contributed by atoms with Crippen LogP contribution in [0, 0.1) is 6.92 Å². The Balaban J connectivity index is 2.37. The zero-order chi connectivity index (χ0) is 9.68. The second-order valence-corrected chi connectivity index (χ2v) is 6.07. The summed E-state index contributed by atoms with van der Waals surface area (Å²) in [5.74, 6) is 0.997. The Morgan fingerprint density at radius 3 is 2.69 bits per heavy atom. The lowest BCUT2D eigenvalue weighted by Crippen LogP contribution is -2.00. The van der Waals surface area contributed by atoms with E-state index in [1.54, 1.807) is 0 Å². The molecule has 0 fully saturated rings. The molecule has 0 aromatic heterocycles. The SMILES string of the molecule is Cc1cccc(OCCP(C)C)c1. The molecule has 0 bridgehead atoms. The maximum Gasteiger partial charge on any atom is 0.119 e. The van der Waals surface area contributed by atoms with Gasteiger partial charge in [0.15, 0.2) is 0 Å². The summed E-state index contributed by atoms with van der Waals surface area (Å²) in [4.78, 5) is 0. The highest BCUT2D eigenvalue weighted by molar-refractivity contribution is 7.55. The molecule has 0 aliphatic heterocycles. The van der Waals surface area contributed by atoms with Gasteiger partial charge in [0.2, 0.25) is 0 Å². The Morgan fingerprint density at radius 1 is 1.31 bits per heavy atom. The van der Waals surface area contributed by atoms with Gasteiger partial charge in [-0.15, -0.1) is 7.92 Å². The molecule has 1 aromatic rings. The first-order valence-electron chi connectivity index (χ1n) is 4.52. The van der Waals surface area contributed by atoms with E-state index in [1.807, 2.05) is 12.1 Å². The highest BCUT2D eigenvalue weighted by atomic mass is 31.1. The summed E-state index contributed by atoms with van der Waals surface area (Å²) in [6.07, 6.45) is 1.18. The van der Waals surface area contributed by atoms with Crippen LogP contribution in [-0.2, 0) is 0 Å². The van der Waals surface area contributed by atoms with E-state index >= 15 is 0 Å². The first-order chi connectivity index (χ1) is 6.18. The van der Waals surface area contributed by atoms with Gasteiger partial charge in [0.1, 0.15) is 5.75 Å². The fourth-order valence-corrected chi connectivity index (χ4v) is 1.51. The first-order valence-corrected chi connectivity index (χ1v) is 6.95. The number of benzene rings is 1. The Bertz CT molecular complexity index is 258. The van der Waals surface area contributed by atoms with Gasteiger partial charge in [0.05, 0.1) is 6.61 Å². The lowest BCUT2D eigenvalue weighted by Gasteiger charge is -2.08. The minimum atomic E-state index is 0.171. The van der Waals surface area contributed by atoms with Crippen LogP contribution in [0.15, 0.2) is 24.3 Å². The van der Waals surface area contributed by atoms with Crippen molar-refractivity contribution < 1.29 is 4.74 Å². The van der Waals surface area contributed by atoms with Crippen molar-refractivity contribution in [2.75, 3.05) is 26.1 Å². The normalized spacial score (nSPS) is 10.5. The van der Waals surface area contributed by atoms with Gasteiger partial charge in [-0.05, 0) is 37.9 Å². The molecule has 2 heteroatoms. The van der Waals surface area contributed by atoms with E-state index in [1.165, 1.54) is 11.7 Å². The Hall–Kier alpha value is -0.550. The smallest absolute Gasteiger partial charge is 0.119 e. The molecule has 0 amide bonds. The Labute approximate surface area is 81.9 Å². The van der Waals surface area contributed by atoms with Crippen LogP contribution in [-0.4, -0.2) is 26.1 Å². The molecule has 0 N–H and O–H groups in total. The number of hydrogen-bond donors (Lipinski definition) is 0. The van der Waals surface area contributed by atoms with E-state index in [-0.39, 0.29) is 7.92 Å². The number of ether oxygens (including phenoxy) is 1. The third-order valence-corrected chi connectivity index (χ3v) is 2.87. The summed E-state index contributed by atoms with van der Waals surface area (Å²) in [7, 11) is 0.171. The van der Waals surface area contributed by atoms with Gasteiger partial charge in [-0.2, -0.15) is 0 Å². The maximum atomic E-state index is 5.61. The Morgan fingerprint density at radius 2 is 2.08 bits per heavy atom. The lowest BCUT2D eigenvalue weighted by atomic mass is 10.2. The average molecular weight is 196 g/mol. The minimum Gasteiger partial charge on any atom is -0.493 e. The van der Waals surface area contributed by atoms with Crippen molar-refractivity contribution in [1.29, 1.82) is 0 Å². The molecule has 0 atom stereocenters. The van der Waals surface area contributed by atoms with Gasteiger partial charge < -0.3 is 4.74 Å². The molecular weight excluding hydrogens is 179 g/mol. The Kier molecular flexibility index (Phi) is 4.24. The molecule has 0 radical (unpaired) electrons. The lowest BCUT2D eigenvalue weighted by molar-refractivity contribution is 0.343. The van der Waals surface area contributed by atoms with Crippen LogP contribution in [0.4, 0.5) is 0 Å². The van der Waals surface area contributed by atoms with Crippen molar-refractivity contribution in [2.24, 2.45) is 0 Å². The number of aryl methyl sites for hydroxylation is 1. The summed E-state index contributed by atoms with van der Waals surface area (Å²) in [6.45, 7) is 7.48. The molecular formula is C11H17OP. The summed E-state index contributed by atoms with van der Waals surface area (Å²) in [5.41, 5.74) is 1.26. The van der Waals surface area contributed by atoms with E-state index in [4.69, 9.17) is 4.74 Å². The number of hydrogen-bond acceptors (Lipinski definition) is 1. The largest absolute Gasteiger partial charge is 0.493 e. The molecule has 0 heterocycles. The number of rotatable bonds is 4. The summed E-state index contributed by atoms with van der Waals surface area (Å²) in [6, 6.07) is 8.21. The second kappa shape index (κ2) is 5.24. The van der Waals surface area contributed by atoms with Crippen molar-refractivity contribution >= 4 is 7.92 Å². The standard InChI is InChI=1S/C11H17OP/c1-10-5-4-6-11(9-10)12-7-8-13(2)3/h4-6,9H,7-8H2,1-3H3. The van der Waals surface area contributed by atoms with E-state index in [0.717, 1.165) is 12.4 Å². The van der Waals surface area contributed by atoms with Crippen LogP contribution in [0.1, 0.15) is 5.56 Å². The topological polar surface area (TPSA) is 9.23 Å². The van der Waals surface area contributed by atoms with Crippen LogP contribution in [0.3, 0.4) is 0 Å². The van der Waals surface area contributed by atoms with Crippen LogP contribution < -0.4 is 4.74 Å². The first kappa shape index (κ1) is 10.5. The fraction of sp³-hybridized carbons (Fsp3) is 0.455. The summed E-state index contributed by atoms with van der Waals surface area (Å²) in [5, 5.41) is 0. The molecule has 13 heavy (non-hydrogen) atoms. The predicted molar refractivity (Wildman–Crippen MR) is 60.3 cm³/mol. The monoisotopic (exact) mass is 196 g/mol. The second-order valence-electron chi connectivity index (χ2n) is 3.47. The van der Waals surface area contributed by atoms with Crippen molar-refractivity contribution in [3.63, 3.8) is 0 Å².